The molecule has 0 heterocycles. The lowest BCUT2D eigenvalue weighted by Gasteiger charge is -2.24. The molecule has 0 aliphatic rings. The van der Waals surface area contributed by atoms with Crippen LogP contribution in [0.1, 0.15) is 233 Å². The molecule has 0 aromatic rings. The minimum Gasteiger partial charge on any atom is -0.462 e. The number of amides is 1. The molecule has 0 saturated heterocycles. The molecule has 0 aromatic heterocycles. The molecule has 0 aliphatic carbocycles. The van der Waals surface area contributed by atoms with Gasteiger partial charge in [0.2, 0.25) is 5.91 Å². The van der Waals surface area contributed by atoms with Crippen molar-refractivity contribution < 1.29 is 24.5 Å². The van der Waals surface area contributed by atoms with E-state index >= 15 is 0 Å². The van der Waals surface area contributed by atoms with Crippen LogP contribution in [-0.4, -0.2) is 46.9 Å². The summed E-state index contributed by atoms with van der Waals surface area (Å²) >= 11 is 0. The number of unbranched alkanes of at least 4 members (excludes halogenated alkanes) is 20. The molecule has 0 aromatic carbocycles. The van der Waals surface area contributed by atoms with E-state index in [-0.39, 0.29) is 31.3 Å². The normalized spacial score (nSPS) is 13.9. The Morgan fingerprint density at radius 2 is 0.917 bits per heavy atom. The third kappa shape index (κ3) is 42.0. The summed E-state index contributed by atoms with van der Waals surface area (Å²) in [5.74, 6) is -0.612. The van der Waals surface area contributed by atoms with Crippen LogP contribution >= 0.6 is 0 Å². The molecule has 6 nitrogen and oxygen atoms in total. The Labute approximate surface area is 371 Å². The molecule has 6 heteroatoms. The number of aliphatic hydroxyl groups is 2. The molecular formula is C54H95NO5. The first-order valence-electron chi connectivity index (χ1n) is 25.2. The number of esters is 1. The molecule has 1 amide bonds. The Morgan fingerprint density at radius 1 is 0.500 bits per heavy atom. The standard InChI is InChI=1S/C54H95NO5/c1-4-7-10-13-16-19-22-25-28-30-33-36-39-42-45-50(60-54(59)47-44-41-38-35-32-27-24-21-18-15-12-9-6-3)48-53(58)55-51(49-56)52(57)46-43-40-37-34-31-29-26-23-20-17-14-11-8-5-2/h7,10,16,19,25,27-28,32-33,36,38,41,50-52,56-57H,4-6,8-9,11-15,17-18,20-24,26,29-31,34-35,37,39-40,42-49H2,1-3H3,(H,55,58)/b10-7+,19-16+,28-25+,32-27-,36-33+,41-38+. The van der Waals surface area contributed by atoms with Gasteiger partial charge in [0.05, 0.1) is 25.2 Å². The van der Waals surface area contributed by atoms with Crippen LogP contribution in [0.25, 0.3) is 0 Å². The highest BCUT2D eigenvalue weighted by atomic mass is 16.5. The van der Waals surface area contributed by atoms with Gasteiger partial charge in [-0.25, -0.2) is 0 Å². The molecule has 60 heavy (non-hydrogen) atoms. The van der Waals surface area contributed by atoms with Crippen LogP contribution in [0.5, 0.6) is 0 Å². The fourth-order valence-electron chi connectivity index (χ4n) is 7.24. The predicted molar refractivity (Wildman–Crippen MR) is 259 cm³/mol. The average Bonchev–Trinajstić information content (AvgIpc) is 3.24. The van der Waals surface area contributed by atoms with E-state index in [0.29, 0.717) is 19.3 Å². The largest absolute Gasteiger partial charge is 0.462 e. The van der Waals surface area contributed by atoms with Crippen molar-refractivity contribution >= 4 is 11.9 Å². The Balaban J connectivity index is 4.73. The summed E-state index contributed by atoms with van der Waals surface area (Å²) < 4.78 is 5.86. The molecule has 0 rings (SSSR count). The number of hydrogen-bond acceptors (Lipinski definition) is 5. The second-order valence-corrected chi connectivity index (χ2v) is 16.8. The molecular weight excluding hydrogens is 743 g/mol. The molecule has 346 valence electrons. The summed E-state index contributed by atoms with van der Waals surface area (Å²) in [5, 5.41) is 23.7. The van der Waals surface area contributed by atoms with Gasteiger partial charge in [0.1, 0.15) is 6.10 Å². The molecule has 0 fully saturated rings. The lowest BCUT2D eigenvalue weighted by atomic mass is 10.0. The Bertz CT molecular complexity index is 1120. The quantitative estimate of drug-likeness (QED) is 0.0323. The summed E-state index contributed by atoms with van der Waals surface area (Å²) in [7, 11) is 0. The molecule has 0 radical (unpaired) electrons. The van der Waals surface area contributed by atoms with Gasteiger partial charge in [-0.05, 0) is 77.0 Å². The fraction of sp³-hybridized carbons (Fsp3) is 0.741. The van der Waals surface area contributed by atoms with Crippen LogP contribution in [0, 0.1) is 0 Å². The molecule has 3 N–H and O–H groups in total. The summed E-state index contributed by atoms with van der Waals surface area (Å²) in [4.78, 5) is 26.0. The highest BCUT2D eigenvalue weighted by Gasteiger charge is 2.23. The van der Waals surface area contributed by atoms with Crippen molar-refractivity contribution in [3.8, 4) is 0 Å². The zero-order valence-corrected chi connectivity index (χ0v) is 39.3. The van der Waals surface area contributed by atoms with Crippen molar-refractivity contribution in [3.63, 3.8) is 0 Å². The number of carbonyl (C=O) groups excluding carboxylic acids is 2. The first kappa shape index (κ1) is 57.3. The van der Waals surface area contributed by atoms with Crippen molar-refractivity contribution in [2.45, 2.75) is 251 Å². The van der Waals surface area contributed by atoms with Gasteiger partial charge in [-0.1, -0.05) is 216 Å². The number of carbonyl (C=O) groups is 2. The van der Waals surface area contributed by atoms with E-state index in [1.807, 2.05) is 6.08 Å². The highest BCUT2D eigenvalue weighted by Crippen LogP contribution is 2.16. The maximum Gasteiger partial charge on any atom is 0.306 e. The zero-order chi connectivity index (χ0) is 43.8. The molecule has 0 bridgehead atoms. The first-order valence-corrected chi connectivity index (χ1v) is 25.2. The lowest BCUT2D eigenvalue weighted by Crippen LogP contribution is -2.46. The Kier molecular flexibility index (Phi) is 45.2. The Hall–Kier alpha value is -2.70. The molecule has 0 aliphatic heterocycles. The maximum atomic E-state index is 13.2. The zero-order valence-electron chi connectivity index (χ0n) is 39.3. The van der Waals surface area contributed by atoms with Crippen molar-refractivity contribution in [1.82, 2.24) is 5.32 Å². The monoisotopic (exact) mass is 838 g/mol. The van der Waals surface area contributed by atoms with E-state index in [4.69, 9.17) is 4.74 Å². The number of hydrogen-bond donors (Lipinski definition) is 3. The highest BCUT2D eigenvalue weighted by molar-refractivity contribution is 5.77. The van der Waals surface area contributed by atoms with Crippen molar-refractivity contribution in [3.05, 3.63) is 72.9 Å². The van der Waals surface area contributed by atoms with Crippen LogP contribution in [0.2, 0.25) is 0 Å². The van der Waals surface area contributed by atoms with Crippen molar-refractivity contribution in [2.75, 3.05) is 6.61 Å². The second-order valence-electron chi connectivity index (χ2n) is 16.8. The SMILES string of the molecule is CC/C=C/C/C=C/C/C=C/C/C=C/CCCC(CC(=O)NC(CO)C(O)CCCCCCCCCCCCCCCC)OC(=O)CC/C=C/C/C=C\CCCCCCCC. The predicted octanol–water partition coefficient (Wildman–Crippen LogP) is 15.0. The smallest absolute Gasteiger partial charge is 0.306 e. The summed E-state index contributed by atoms with van der Waals surface area (Å²) in [5.41, 5.74) is 0. The lowest BCUT2D eigenvalue weighted by molar-refractivity contribution is -0.150. The van der Waals surface area contributed by atoms with Gasteiger partial charge < -0.3 is 20.3 Å². The van der Waals surface area contributed by atoms with E-state index in [0.717, 1.165) is 70.6 Å². The topological polar surface area (TPSA) is 95.9 Å². The van der Waals surface area contributed by atoms with Gasteiger partial charge in [0.15, 0.2) is 0 Å². The molecule has 0 saturated carbocycles. The number of nitrogens with one attached hydrogen (secondary N) is 1. The summed E-state index contributed by atoms with van der Waals surface area (Å²) in [6, 6.07) is -0.731. The number of ether oxygens (including phenoxy) is 1. The molecule has 0 spiro atoms. The van der Waals surface area contributed by atoms with Crippen molar-refractivity contribution in [2.24, 2.45) is 0 Å². The van der Waals surface area contributed by atoms with Gasteiger partial charge in [0, 0.05) is 6.42 Å². The fourth-order valence-corrected chi connectivity index (χ4v) is 7.24. The van der Waals surface area contributed by atoms with Gasteiger partial charge in [-0.2, -0.15) is 0 Å². The van der Waals surface area contributed by atoms with E-state index in [1.165, 1.54) is 109 Å². The van der Waals surface area contributed by atoms with Crippen LogP contribution in [0.15, 0.2) is 72.9 Å². The van der Waals surface area contributed by atoms with Gasteiger partial charge in [-0.3, -0.25) is 9.59 Å². The maximum absolute atomic E-state index is 13.2. The molecule has 3 atom stereocenters. The van der Waals surface area contributed by atoms with E-state index in [2.05, 4.69) is 92.9 Å². The van der Waals surface area contributed by atoms with Crippen LogP contribution in [0.4, 0.5) is 0 Å². The van der Waals surface area contributed by atoms with Gasteiger partial charge in [0.25, 0.3) is 0 Å². The minimum absolute atomic E-state index is 0.0151. The third-order valence-corrected chi connectivity index (χ3v) is 11.0. The first-order chi connectivity index (χ1) is 29.5. The minimum atomic E-state index is -0.812. The number of aliphatic hydroxyl groups excluding tert-OH is 2. The second kappa shape index (κ2) is 47.4. The third-order valence-electron chi connectivity index (χ3n) is 11.0. The van der Waals surface area contributed by atoms with Crippen LogP contribution in [0.3, 0.4) is 0 Å². The van der Waals surface area contributed by atoms with Gasteiger partial charge in [-0.15, -0.1) is 0 Å². The van der Waals surface area contributed by atoms with Gasteiger partial charge >= 0.3 is 5.97 Å². The van der Waals surface area contributed by atoms with E-state index < -0.39 is 18.2 Å². The molecule has 3 unspecified atom stereocenters. The Morgan fingerprint density at radius 3 is 1.40 bits per heavy atom. The summed E-state index contributed by atoms with van der Waals surface area (Å²) in [6.07, 6.45) is 59.7. The van der Waals surface area contributed by atoms with Crippen LogP contribution in [-0.2, 0) is 14.3 Å². The summed E-state index contributed by atoms with van der Waals surface area (Å²) in [6.45, 7) is 6.33. The number of allylic oxidation sites excluding steroid dienone is 12. The van der Waals surface area contributed by atoms with Crippen molar-refractivity contribution in [1.29, 1.82) is 0 Å². The number of rotatable bonds is 44. The van der Waals surface area contributed by atoms with Crippen LogP contribution < -0.4 is 5.32 Å². The van der Waals surface area contributed by atoms with E-state index in [1.54, 1.807) is 0 Å². The van der Waals surface area contributed by atoms with E-state index in [9.17, 15) is 19.8 Å². The average molecular weight is 838 g/mol.